The second-order valence-corrected chi connectivity index (χ2v) is 3.36. The first-order chi connectivity index (χ1) is 7.63. The van der Waals surface area contributed by atoms with E-state index < -0.39 is 0 Å². The van der Waals surface area contributed by atoms with E-state index >= 15 is 0 Å². The van der Waals surface area contributed by atoms with Crippen molar-refractivity contribution in [2.24, 2.45) is 10.7 Å². The largest absolute Gasteiger partial charge is 0.370 e. The average Bonchev–Trinajstić information content (AvgIpc) is 2.28. The summed E-state index contributed by atoms with van der Waals surface area (Å²) in [6.45, 7) is 0. The first kappa shape index (κ1) is 12.3. The minimum Gasteiger partial charge on any atom is -0.370 e. The van der Waals surface area contributed by atoms with Crippen LogP contribution in [0.1, 0.15) is 5.56 Å². The highest BCUT2D eigenvalue weighted by atomic mass is 35.5. The molecular weight excluding hydrogens is 226 g/mol. The highest BCUT2D eigenvalue weighted by Crippen LogP contribution is 2.15. The molecule has 0 radical (unpaired) electrons. The van der Waals surface area contributed by atoms with Gasteiger partial charge in [-0.25, -0.2) is 0 Å². The summed E-state index contributed by atoms with van der Waals surface area (Å²) in [5, 5.41) is 2.96. The van der Waals surface area contributed by atoms with Gasteiger partial charge >= 0.3 is 0 Å². The normalized spacial score (nSPS) is 11.8. The summed E-state index contributed by atoms with van der Waals surface area (Å²) < 4.78 is 0. The van der Waals surface area contributed by atoms with Gasteiger partial charge in [-0.3, -0.25) is 15.1 Å². The van der Waals surface area contributed by atoms with E-state index in [1.54, 1.807) is 12.1 Å². The number of hydrogen-bond acceptors (Lipinski definition) is 2. The summed E-state index contributed by atoms with van der Waals surface area (Å²) in [5.74, 6) is -0.267. The van der Waals surface area contributed by atoms with Crippen molar-refractivity contribution in [3.63, 3.8) is 0 Å². The Kier molecular flexibility index (Phi) is 4.54. The van der Waals surface area contributed by atoms with Gasteiger partial charge < -0.3 is 5.73 Å². The molecule has 0 atom stereocenters. The van der Waals surface area contributed by atoms with Gasteiger partial charge in [0.05, 0.1) is 0 Å². The molecule has 16 heavy (non-hydrogen) atoms. The van der Waals surface area contributed by atoms with Crippen LogP contribution in [0.5, 0.6) is 0 Å². The lowest BCUT2D eigenvalue weighted by atomic mass is 10.2. The fourth-order valence-corrected chi connectivity index (χ4v) is 1.20. The topological polar surface area (TPSA) is 67.5 Å². The first-order valence-corrected chi connectivity index (χ1v) is 4.97. The van der Waals surface area contributed by atoms with Gasteiger partial charge in [-0.1, -0.05) is 29.8 Å². The van der Waals surface area contributed by atoms with Crippen molar-refractivity contribution >= 4 is 29.5 Å². The molecule has 1 rings (SSSR count). The molecule has 3 N–H and O–H groups in total. The Morgan fingerprint density at radius 2 is 2.19 bits per heavy atom. The van der Waals surface area contributed by atoms with Crippen LogP contribution in [0.15, 0.2) is 35.3 Å². The number of guanidine groups is 1. The Bertz CT molecular complexity index is 441. The second-order valence-electron chi connectivity index (χ2n) is 2.95. The molecule has 84 valence electrons. The van der Waals surface area contributed by atoms with Crippen molar-refractivity contribution in [2.75, 3.05) is 7.05 Å². The molecule has 0 saturated carbocycles. The zero-order chi connectivity index (χ0) is 12.0. The fraction of sp³-hybridized carbons (Fsp3) is 0.0909. The number of benzene rings is 1. The summed E-state index contributed by atoms with van der Waals surface area (Å²) >= 11 is 5.91. The molecule has 0 aliphatic carbocycles. The van der Waals surface area contributed by atoms with Gasteiger partial charge in [-0.05, 0) is 17.7 Å². The highest BCUT2D eigenvalue weighted by Gasteiger charge is 1.98. The Morgan fingerprint density at radius 3 is 2.81 bits per heavy atom. The van der Waals surface area contributed by atoms with Crippen molar-refractivity contribution < 1.29 is 4.79 Å². The maximum Gasteiger partial charge on any atom is 0.250 e. The van der Waals surface area contributed by atoms with Crippen LogP contribution in [-0.2, 0) is 4.79 Å². The van der Waals surface area contributed by atoms with E-state index in [2.05, 4.69) is 10.3 Å². The monoisotopic (exact) mass is 237 g/mol. The predicted molar refractivity (Wildman–Crippen MR) is 66.2 cm³/mol. The lowest BCUT2D eigenvalue weighted by Crippen LogP contribution is -2.35. The first-order valence-electron chi connectivity index (χ1n) is 4.59. The van der Waals surface area contributed by atoms with Gasteiger partial charge in [-0.15, -0.1) is 0 Å². The van der Waals surface area contributed by atoms with Crippen LogP contribution in [-0.4, -0.2) is 18.9 Å². The van der Waals surface area contributed by atoms with Crippen molar-refractivity contribution in [3.8, 4) is 0 Å². The Hall–Kier alpha value is -1.81. The van der Waals surface area contributed by atoms with E-state index in [1.807, 2.05) is 18.2 Å². The Labute approximate surface area is 98.8 Å². The Morgan fingerprint density at radius 1 is 1.50 bits per heavy atom. The van der Waals surface area contributed by atoms with Crippen molar-refractivity contribution in [2.45, 2.75) is 0 Å². The van der Waals surface area contributed by atoms with E-state index in [0.29, 0.717) is 5.02 Å². The molecule has 0 aromatic heterocycles. The van der Waals surface area contributed by atoms with Gasteiger partial charge in [0, 0.05) is 18.1 Å². The number of aliphatic imine (C=N–C) groups is 1. The molecule has 4 nitrogen and oxygen atoms in total. The van der Waals surface area contributed by atoms with Crippen molar-refractivity contribution in [3.05, 3.63) is 40.9 Å². The maximum absolute atomic E-state index is 11.3. The summed E-state index contributed by atoms with van der Waals surface area (Å²) in [6, 6.07) is 7.22. The number of carbonyl (C=O) groups is 1. The van der Waals surface area contributed by atoms with Crippen molar-refractivity contribution in [1.82, 2.24) is 5.32 Å². The number of amides is 1. The van der Waals surface area contributed by atoms with Crippen molar-refractivity contribution in [1.29, 1.82) is 0 Å². The number of nitrogens with two attached hydrogens (primary N) is 1. The summed E-state index contributed by atoms with van der Waals surface area (Å²) in [6.07, 6.45) is 2.96. The van der Waals surface area contributed by atoms with E-state index in [0.717, 1.165) is 5.56 Å². The van der Waals surface area contributed by atoms with E-state index in [9.17, 15) is 4.79 Å². The molecule has 0 unspecified atom stereocenters. The molecule has 0 saturated heterocycles. The molecule has 1 aromatic rings. The number of nitrogens with zero attached hydrogens (tertiary/aromatic N) is 1. The predicted octanol–water partition coefficient (Wildman–Crippen LogP) is 1.41. The minimum atomic E-state index is -0.344. The number of hydrogen-bond donors (Lipinski definition) is 2. The lowest BCUT2D eigenvalue weighted by Gasteiger charge is -1.99. The molecular formula is C11H12ClN3O. The summed E-state index contributed by atoms with van der Waals surface area (Å²) in [4.78, 5) is 14.9. The van der Waals surface area contributed by atoms with Crippen LogP contribution >= 0.6 is 11.6 Å². The van der Waals surface area contributed by atoms with Crippen LogP contribution in [0.4, 0.5) is 0 Å². The lowest BCUT2D eigenvalue weighted by molar-refractivity contribution is -0.115. The van der Waals surface area contributed by atoms with Crippen LogP contribution in [0.3, 0.4) is 0 Å². The van der Waals surface area contributed by atoms with E-state index in [1.165, 1.54) is 13.1 Å². The second kappa shape index (κ2) is 5.92. The molecule has 0 fully saturated rings. The molecule has 0 aliphatic rings. The maximum atomic E-state index is 11.3. The van der Waals surface area contributed by atoms with Crippen LogP contribution in [0.2, 0.25) is 5.02 Å². The smallest absolute Gasteiger partial charge is 0.250 e. The van der Waals surface area contributed by atoms with Crippen LogP contribution in [0.25, 0.3) is 6.08 Å². The molecule has 1 amide bonds. The molecule has 0 bridgehead atoms. The summed E-state index contributed by atoms with van der Waals surface area (Å²) in [7, 11) is 1.49. The van der Waals surface area contributed by atoms with E-state index in [-0.39, 0.29) is 11.9 Å². The third-order valence-electron chi connectivity index (χ3n) is 1.81. The fourth-order valence-electron chi connectivity index (χ4n) is 1.000. The zero-order valence-corrected chi connectivity index (χ0v) is 9.53. The molecule has 5 heteroatoms. The number of halogens is 1. The van der Waals surface area contributed by atoms with Gasteiger partial charge in [0.15, 0.2) is 5.96 Å². The quantitative estimate of drug-likeness (QED) is 0.464. The van der Waals surface area contributed by atoms with Crippen LogP contribution < -0.4 is 11.1 Å². The SMILES string of the molecule is CN=C(N)NC(=O)C=Cc1ccccc1Cl. The molecule has 0 heterocycles. The van der Waals surface area contributed by atoms with Gasteiger partial charge in [0.2, 0.25) is 0 Å². The third-order valence-corrected chi connectivity index (χ3v) is 2.16. The van der Waals surface area contributed by atoms with Gasteiger partial charge in [0.25, 0.3) is 5.91 Å². The zero-order valence-electron chi connectivity index (χ0n) is 8.77. The van der Waals surface area contributed by atoms with E-state index in [4.69, 9.17) is 17.3 Å². The number of rotatable bonds is 2. The minimum absolute atomic E-state index is 0.0776. The Balaban J connectivity index is 2.68. The number of carbonyl (C=O) groups excluding carboxylic acids is 1. The molecule has 1 aromatic carbocycles. The summed E-state index contributed by atoms with van der Waals surface area (Å²) in [5.41, 5.74) is 6.10. The molecule has 0 aliphatic heterocycles. The molecule has 0 spiro atoms. The third kappa shape index (κ3) is 3.74. The highest BCUT2D eigenvalue weighted by molar-refractivity contribution is 6.32. The van der Waals surface area contributed by atoms with Gasteiger partial charge in [0.1, 0.15) is 0 Å². The average molecular weight is 238 g/mol. The van der Waals surface area contributed by atoms with Crippen LogP contribution in [0, 0.1) is 0 Å². The standard InChI is InChI=1S/C11H12ClN3O/c1-14-11(13)15-10(16)7-6-8-4-2-3-5-9(8)12/h2-7H,1H3,(H3,13,14,15,16). The number of nitrogens with one attached hydrogen (secondary N) is 1. The van der Waals surface area contributed by atoms with Gasteiger partial charge in [-0.2, -0.15) is 0 Å².